The van der Waals surface area contributed by atoms with Crippen molar-refractivity contribution in [1.82, 2.24) is 25.4 Å². The molecule has 0 spiro atoms. The van der Waals surface area contributed by atoms with Crippen LogP contribution < -0.4 is 10.6 Å². The number of hydrogen-bond acceptors (Lipinski definition) is 4. The van der Waals surface area contributed by atoms with Gasteiger partial charge >= 0.3 is 12.0 Å². The summed E-state index contributed by atoms with van der Waals surface area (Å²) in [5, 5.41) is 21.8. The van der Waals surface area contributed by atoms with Crippen LogP contribution in [0.3, 0.4) is 0 Å². The van der Waals surface area contributed by atoms with Crippen LogP contribution in [0.2, 0.25) is 0 Å². The number of aromatic nitrogens is 3. The van der Waals surface area contributed by atoms with Crippen LogP contribution in [0.5, 0.6) is 0 Å². The van der Waals surface area contributed by atoms with Crippen LogP contribution in [0.25, 0.3) is 0 Å². The fraction of sp³-hybridized carbons (Fsp3) is 0.667. The SMILES string of the molecule is CC(C)C(CC(=O)O)NC(=O)NCCc1nncn1C. The summed E-state index contributed by atoms with van der Waals surface area (Å²) in [6.07, 6.45) is 2.07. The van der Waals surface area contributed by atoms with Crippen molar-refractivity contribution in [3.63, 3.8) is 0 Å². The lowest BCUT2D eigenvalue weighted by atomic mass is 10.0. The number of carboxylic acid groups (broad SMARTS) is 1. The maximum atomic E-state index is 11.7. The summed E-state index contributed by atoms with van der Waals surface area (Å²) >= 11 is 0. The third kappa shape index (κ3) is 5.25. The minimum atomic E-state index is -0.928. The van der Waals surface area contributed by atoms with Crippen LogP contribution in [0.4, 0.5) is 4.79 Å². The lowest BCUT2D eigenvalue weighted by molar-refractivity contribution is -0.137. The predicted molar refractivity (Wildman–Crippen MR) is 72.1 cm³/mol. The topological polar surface area (TPSA) is 109 Å². The average Bonchev–Trinajstić information content (AvgIpc) is 2.73. The first-order chi connectivity index (χ1) is 9.40. The Labute approximate surface area is 117 Å². The molecule has 0 aliphatic heterocycles. The molecule has 0 saturated carbocycles. The van der Waals surface area contributed by atoms with E-state index in [0.717, 1.165) is 5.82 Å². The molecule has 0 aliphatic rings. The molecule has 8 heteroatoms. The Hall–Kier alpha value is -2.12. The lowest BCUT2D eigenvalue weighted by Crippen LogP contribution is -2.46. The number of urea groups is 1. The summed E-state index contributed by atoms with van der Waals surface area (Å²) in [6.45, 7) is 4.15. The van der Waals surface area contributed by atoms with Gasteiger partial charge in [-0.2, -0.15) is 0 Å². The lowest BCUT2D eigenvalue weighted by Gasteiger charge is -2.20. The summed E-state index contributed by atoms with van der Waals surface area (Å²) in [5.74, 6) is -0.102. The fourth-order valence-electron chi connectivity index (χ4n) is 1.68. The van der Waals surface area contributed by atoms with Gasteiger partial charge in [0.25, 0.3) is 0 Å². The number of aliphatic carboxylic acids is 1. The maximum absolute atomic E-state index is 11.7. The third-order valence-corrected chi connectivity index (χ3v) is 2.96. The van der Waals surface area contributed by atoms with Crippen molar-refractivity contribution in [2.24, 2.45) is 13.0 Å². The molecule has 0 radical (unpaired) electrons. The summed E-state index contributed by atoms with van der Waals surface area (Å²) in [6, 6.07) is -0.755. The van der Waals surface area contributed by atoms with E-state index < -0.39 is 5.97 Å². The van der Waals surface area contributed by atoms with Gasteiger partial charge in [0.05, 0.1) is 6.42 Å². The van der Waals surface area contributed by atoms with E-state index in [4.69, 9.17) is 5.11 Å². The van der Waals surface area contributed by atoms with E-state index in [-0.39, 0.29) is 24.4 Å². The average molecular weight is 283 g/mol. The van der Waals surface area contributed by atoms with Crippen LogP contribution in [-0.4, -0.2) is 44.5 Å². The molecule has 8 nitrogen and oxygen atoms in total. The highest BCUT2D eigenvalue weighted by Crippen LogP contribution is 2.05. The zero-order valence-corrected chi connectivity index (χ0v) is 12.0. The molecule has 0 bridgehead atoms. The predicted octanol–water partition coefficient (Wildman–Crippen LogP) is 0.156. The summed E-state index contributed by atoms with van der Waals surface area (Å²) in [4.78, 5) is 22.4. The first-order valence-electron chi connectivity index (χ1n) is 6.49. The first kappa shape index (κ1) is 15.9. The van der Waals surface area contributed by atoms with Crippen molar-refractivity contribution in [3.05, 3.63) is 12.2 Å². The normalized spacial score (nSPS) is 12.2. The van der Waals surface area contributed by atoms with Gasteiger partial charge < -0.3 is 20.3 Å². The molecule has 1 aromatic heterocycles. The smallest absolute Gasteiger partial charge is 0.315 e. The van der Waals surface area contributed by atoms with Crippen molar-refractivity contribution in [2.75, 3.05) is 6.54 Å². The van der Waals surface area contributed by atoms with E-state index in [9.17, 15) is 9.59 Å². The van der Waals surface area contributed by atoms with Crippen molar-refractivity contribution in [2.45, 2.75) is 32.7 Å². The fourth-order valence-corrected chi connectivity index (χ4v) is 1.68. The molecule has 1 atom stereocenters. The molecule has 1 aromatic rings. The van der Waals surface area contributed by atoms with Gasteiger partial charge in [0.15, 0.2) is 0 Å². The minimum absolute atomic E-state index is 0.0515. The van der Waals surface area contributed by atoms with Gasteiger partial charge in [0, 0.05) is 26.1 Å². The van der Waals surface area contributed by atoms with E-state index in [2.05, 4.69) is 20.8 Å². The quantitative estimate of drug-likeness (QED) is 0.660. The second kappa shape index (κ2) is 7.46. The Morgan fingerprint density at radius 1 is 1.45 bits per heavy atom. The largest absolute Gasteiger partial charge is 0.481 e. The summed E-state index contributed by atoms with van der Waals surface area (Å²) in [7, 11) is 1.83. The zero-order valence-electron chi connectivity index (χ0n) is 12.0. The monoisotopic (exact) mass is 283 g/mol. The number of carbonyl (C=O) groups excluding carboxylic acids is 1. The van der Waals surface area contributed by atoms with Crippen LogP contribution in [0, 0.1) is 5.92 Å². The minimum Gasteiger partial charge on any atom is -0.481 e. The van der Waals surface area contributed by atoms with Crippen LogP contribution in [0.1, 0.15) is 26.1 Å². The molecule has 3 N–H and O–H groups in total. The standard InChI is InChI=1S/C12H21N5O3/c1-8(2)9(6-11(18)19)15-12(20)13-5-4-10-16-14-7-17(10)3/h7-9H,4-6H2,1-3H3,(H,18,19)(H2,13,15,20). The molecule has 0 aromatic carbocycles. The number of carbonyl (C=O) groups is 2. The number of nitrogens with one attached hydrogen (secondary N) is 2. The highest BCUT2D eigenvalue weighted by molar-refractivity contribution is 5.75. The van der Waals surface area contributed by atoms with Gasteiger partial charge in [-0.25, -0.2) is 4.79 Å². The number of aryl methyl sites for hydroxylation is 1. The molecular formula is C12H21N5O3. The first-order valence-corrected chi connectivity index (χ1v) is 6.49. The van der Waals surface area contributed by atoms with Gasteiger partial charge in [-0.05, 0) is 5.92 Å². The van der Waals surface area contributed by atoms with Crippen LogP contribution in [-0.2, 0) is 18.3 Å². The maximum Gasteiger partial charge on any atom is 0.315 e. The Kier molecular flexibility index (Phi) is 5.95. The van der Waals surface area contributed by atoms with E-state index in [1.165, 1.54) is 0 Å². The van der Waals surface area contributed by atoms with Crippen molar-refractivity contribution in [3.8, 4) is 0 Å². The number of carboxylic acids is 1. The number of nitrogens with zero attached hydrogens (tertiary/aromatic N) is 3. The molecule has 0 saturated heterocycles. The third-order valence-electron chi connectivity index (χ3n) is 2.96. The Bertz CT molecular complexity index is 458. The van der Waals surface area contributed by atoms with E-state index in [0.29, 0.717) is 13.0 Å². The van der Waals surface area contributed by atoms with E-state index in [1.54, 1.807) is 10.9 Å². The molecule has 1 heterocycles. The van der Waals surface area contributed by atoms with Crippen molar-refractivity contribution < 1.29 is 14.7 Å². The van der Waals surface area contributed by atoms with Gasteiger partial charge in [0.1, 0.15) is 12.2 Å². The second-order valence-corrected chi connectivity index (χ2v) is 4.96. The molecule has 112 valence electrons. The molecule has 0 aliphatic carbocycles. The molecule has 0 fully saturated rings. The summed E-state index contributed by atoms with van der Waals surface area (Å²) < 4.78 is 1.78. The highest BCUT2D eigenvalue weighted by atomic mass is 16.4. The highest BCUT2D eigenvalue weighted by Gasteiger charge is 2.19. The second-order valence-electron chi connectivity index (χ2n) is 4.96. The van der Waals surface area contributed by atoms with Gasteiger partial charge in [0.2, 0.25) is 0 Å². The van der Waals surface area contributed by atoms with Crippen molar-refractivity contribution in [1.29, 1.82) is 0 Å². The molecular weight excluding hydrogens is 262 g/mol. The number of hydrogen-bond donors (Lipinski definition) is 3. The zero-order chi connectivity index (χ0) is 15.1. The van der Waals surface area contributed by atoms with E-state index >= 15 is 0 Å². The molecule has 1 unspecified atom stereocenters. The Morgan fingerprint density at radius 3 is 2.65 bits per heavy atom. The van der Waals surface area contributed by atoms with Crippen LogP contribution in [0.15, 0.2) is 6.33 Å². The molecule has 1 rings (SSSR count). The van der Waals surface area contributed by atoms with Gasteiger partial charge in [-0.15, -0.1) is 10.2 Å². The van der Waals surface area contributed by atoms with Crippen molar-refractivity contribution >= 4 is 12.0 Å². The van der Waals surface area contributed by atoms with Gasteiger partial charge in [-0.3, -0.25) is 4.79 Å². The number of rotatable bonds is 7. The Balaban J connectivity index is 2.34. The Morgan fingerprint density at radius 2 is 2.15 bits per heavy atom. The number of amides is 2. The molecule has 2 amide bonds. The van der Waals surface area contributed by atoms with Gasteiger partial charge in [-0.1, -0.05) is 13.8 Å². The van der Waals surface area contributed by atoms with Crippen LogP contribution >= 0.6 is 0 Å². The molecule has 20 heavy (non-hydrogen) atoms. The van der Waals surface area contributed by atoms with E-state index in [1.807, 2.05) is 20.9 Å². The summed E-state index contributed by atoms with van der Waals surface area (Å²) in [5.41, 5.74) is 0.